The van der Waals surface area contributed by atoms with Crippen molar-refractivity contribution in [1.82, 2.24) is 0 Å². The van der Waals surface area contributed by atoms with E-state index in [1.807, 2.05) is 0 Å². The van der Waals surface area contributed by atoms with E-state index in [9.17, 15) is 18.8 Å². The van der Waals surface area contributed by atoms with Crippen molar-refractivity contribution < 1.29 is 23.9 Å². The van der Waals surface area contributed by atoms with Crippen LogP contribution in [0, 0.1) is 5.82 Å². The Balaban J connectivity index is 2.44. The predicted octanol–water partition coefficient (Wildman–Crippen LogP) is 0.420. The molecule has 0 saturated carbocycles. The van der Waals surface area contributed by atoms with Crippen molar-refractivity contribution in [3.05, 3.63) is 28.5 Å². The third-order valence-corrected chi connectivity index (χ3v) is 3.00. The van der Waals surface area contributed by atoms with E-state index in [2.05, 4.69) is 0 Å². The Labute approximate surface area is 111 Å². The number of carbonyl (C=O) groups is 3. The molecule has 1 aromatic carbocycles. The Morgan fingerprint density at radius 1 is 1.47 bits per heavy atom. The maximum absolute atomic E-state index is 13.4. The predicted molar refractivity (Wildman–Crippen MR) is 63.7 cm³/mol. The smallest absolute Gasteiger partial charge is 0.322 e. The largest absolute Gasteiger partial charge is 0.480 e. The number of hydrogen-bond donors (Lipinski definition) is 2. The van der Waals surface area contributed by atoms with Crippen LogP contribution in [-0.2, 0) is 9.59 Å². The lowest BCUT2D eigenvalue weighted by atomic mass is 10.1. The molecule has 0 fully saturated rings. The molecule has 1 aliphatic rings. The Morgan fingerprint density at radius 2 is 2.11 bits per heavy atom. The number of carbonyl (C=O) groups excluding carboxylic acids is 2. The van der Waals surface area contributed by atoms with Crippen LogP contribution in [0.5, 0.6) is 0 Å². The summed E-state index contributed by atoms with van der Waals surface area (Å²) in [5, 5.41) is 8.41. The molecule has 1 amide bonds. The van der Waals surface area contributed by atoms with Gasteiger partial charge in [0.25, 0.3) is 11.7 Å². The average Bonchev–Trinajstić information content (AvgIpc) is 2.56. The maximum Gasteiger partial charge on any atom is 0.322 e. The highest BCUT2D eigenvalue weighted by Gasteiger charge is 2.38. The van der Waals surface area contributed by atoms with Gasteiger partial charge in [-0.2, -0.15) is 0 Å². The molecular weight excluding hydrogens is 279 g/mol. The van der Waals surface area contributed by atoms with Crippen LogP contribution in [0.2, 0.25) is 5.02 Å². The van der Waals surface area contributed by atoms with Crippen LogP contribution >= 0.6 is 11.6 Å². The minimum Gasteiger partial charge on any atom is -0.480 e. The highest BCUT2D eigenvalue weighted by molar-refractivity contribution is 6.52. The fraction of sp³-hybridized carbons (Fsp3) is 0.182. The Kier molecular flexibility index (Phi) is 3.25. The Morgan fingerprint density at radius 3 is 2.68 bits per heavy atom. The summed E-state index contributed by atoms with van der Waals surface area (Å²) in [7, 11) is 0. The number of halogens is 2. The van der Waals surface area contributed by atoms with Gasteiger partial charge in [-0.05, 0) is 12.1 Å². The lowest BCUT2D eigenvalue weighted by Gasteiger charge is -2.18. The number of benzene rings is 1. The first-order valence-electron chi connectivity index (χ1n) is 5.16. The van der Waals surface area contributed by atoms with Gasteiger partial charge < -0.3 is 15.7 Å². The summed E-state index contributed by atoms with van der Waals surface area (Å²) in [6.07, 6.45) is 0. The first-order valence-corrected chi connectivity index (χ1v) is 5.54. The second kappa shape index (κ2) is 4.60. The zero-order valence-corrected chi connectivity index (χ0v) is 10.1. The first-order chi connectivity index (χ1) is 8.82. The summed E-state index contributed by atoms with van der Waals surface area (Å²) >= 11 is 5.53. The second-order valence-electron chi connectivity index (χ2n) is 3.97. The molecule has 1 atom stereocenters. The van der Waals surface area contributed by atoms with Gasteiger partial charge in [-0.15, -0.1) is 0 Å². The van der Waals surface area contributed by atoms with E-state index in [1.165, 1.54) is 0 Å². The fourth-order valence-electron chi connectivity index (χ4n) is 1.74. The number of rotatable bonds is 3. The number of carboxylic acid groups (broad SMARTS) is 1. The minimum atomic E-state index is -1.37. The standard InChI is InChI=1S/C11H8ClFN2O4/c12-5-1-4-8(2-6(5)13)15(10(17)9(4)16)3-7(14)11(18)19/h1-2,7H,3,14H2,(H,18,19). The highest BCUT2D eigenvalue weighted by atomic mass is 35.5. The zero-order valence-electron chi connectivity index (χ0n) is 9.39. The van der Waals surface area contributed by atoms with Crippen LogP contribution in [-0.4, -0.2) is 35.4 Å². The molecule has 0 bridgehead atoms. The molecule has 0 aliphatic carbocycles. The molecule has 0 aromatic heterocycles. The molecule has 1 heterocycles. The molecule has 0 radical (unpaired) electrons. The van der Waals surface area contributed by atoms with Crippen molar-refractivity contribution in [2.75, 3.05) is 11.4 Å². The molecule has 1 aromatic rings. The molecule has 1 aliphatic heterocycles. The maximum atomic E-state index is 13.4. The quantitative estimate of drug-likeness (QED) is 0.784. The van der Waals surface area contributed by atoms with E-state index >= 15 is 0 Å². The van der Waals surface area contributed by atoms with E-state index in [0.29, 0.717) is 0 Å². The van der Waals surface area contributed by atoms with Crippen LogP contribution in [0.25, 0.3) is 0 Å². The van der Waals surface area contributed by atoms with Crippen LogP contribution in [0.1, 0.15) is 10.4 Å². The van der Waals surface area contributed by atoms with E-state index < -0.39 is 36.1 Å². The van der Waals surface area contributed by atoms with Crippen molar-refractivity contribution >= 4 is 34.9 Å². The molecule has 19 heavy (non-hydrogen) atoms. The molecule has 100 valence electrons. The number of fused-ring (bicyclic) bond motifs is 1. The van der Waals surface area contributed by atoms with Crippen LogP contribution in [0.15, 0.2) is 12.1 Å². The SMILES string of the molecule is NC(CN1C(=O)C(=O)c2cc(Cl)c(F)cc21)C(=O)O. The van der Waals surface area contributed by atoms with Crippen molar-refractivity contribution in [2.24, 2.45) is 5.73 Å². The van der Waals surface area contributed by atoms with Crippen LogP contribution in [0.3, 0.4) is 0 Å². The van der Waals surface area contributed by atoms with Crippen molar-refractivity contribution in [2.45, 2.75) is 6.04 Å². The number of ketones is 1. The summed E-state index contributed by atoms with van der Waals surface area (Å²) in [6, 6.07) is 0.578. The average molecular weight is 287 g/mol. The molecule has 3 N–H and O–H groups in total. The number of anilines is 1. The monoisotopic (exact) mass is 286 g/mol. The van der Waals surface area contributed by atoms with Gasteiger partial charge in [0.2, 0.25) is 0 Å². The van der Waals surface area contributed by atoms with Gasteiger partial charge in [-0.3, -0.25) is 14.4 Å². The minimum absolute atomic E-state index is 0.0198. The van der Waals surface area contributed by atoms with Gasteiger partial charge >= 0.3 is 5.97 Å². The highest BCUT2D eigenvalue weighted by Crippen LogP contribution is 2.33. The summed E-state index contributed by atoms with van der Waals surface area (Å²) in [5.74, 6) is -3.96. The number of aliphatic carboxylic acids is 1. The lowest BCUT2D eigenvalue weighted by molar-refractivity contribution is -0.138. The van der Waals surface area contributed by atoms with Crippen molar-refractivity contribution in [1.29, 1.82) is 0 Å². The topological polar surface area (TPSA) is 101 Å². The number of Topliss-reactive ketones (excluding diaryl/α,β-unsaturated/α-hetero) is 1. The molecule has 8 heteroatoms. The fourth-order valence-corrected chi connectivity index (χ4v) is 1.91. The second-order valence-corrected chi connectivity index (χ2v) is 4.38. The Hall–Kier alpha value is -1.99. The molecule has 6 nitrogen and oxygen atoms in total. The van der Waals surface area contributed by atoms with E-state index in [1.54, 1.807) is 0 Å². The van der Waals surface area contributed by atoms with E-state index in [-0.39, 0.29) is 16.3 Å². The van der Waals surface area contributed by atoms with Crippen molar-refractivity contribution in [3.8, 4) is 0 Å². The lowest BCUT2D eigenvalue weighted by Crippen LogP contribution is -2.44. The normalized spacial score (nSPS) is 15.6. The number of amides is 1. The number of hydrogen-bond acceptors (Lipinski definition) is 4. The summed E-state index contributed by atoms with van der Waals surface area (Å²) in [6.45, 7) is -0.423. The molecular formula is C11H8ClFN2O4. The summed E-state index contributed by atoms with van der Waals surface area (Å²) in [4.78, 5) is 34.9. The van der Waals surface area contributed by atoms with Crippen LogP contribution in [0.4, 0.5) is 10.1 Å². The molecule has 0 saturated heterocycles. The number of nitrogens with two attached hydrogens (primary N) is 1. The molecule has 2 rings (SSSR count). The van der Waals surface area contributed by atoms with Gasteiger partial charge in [-0.25, -0.2) is 4.39 Å². The number of carboxylic acids is 1. The van der Waals surface area contributed by atoms with Gasteiger partial charge in [-0.1, -0.05) is 11.6 Å². The zero-order chi connectivity index (χ0) is 14.3. The number of nitrogens with zero attached hydrogens (tertiary/aromatic N) is 1. The van der Waals surface area contributed by atoms with Gasteiger partial charge in [0, 0.05) is 0 Å². The van der Waals surface area contributed by atoms with Crippen LogP contribution < -0.4 is 10.6 Å². The molecule has 1 unspecified atom stereocenters. The summed E-state index contributed by atoms with van der Waals surface area (Å²) < 4.78 is 13.4. The van der Waals surface area contributed by atoms with Crippen molar-refractivity contribution in [3.63, 3.8) is 0 Å². The third-order valence-electron chi connectivity index (χ3n) is 2.71. The summed E-state index contributed by atoms with van der Waals surface area (Å²) in [5.41, 5.74) is 5.22. The Bertz CT molecular complexity index is 605. The van der Waals surface area contributed by atoms with Gasteiger partial charge in [0.1, 0.15) is 11.9 Å². The van der Waals surface area contributed by atoms with E-state index in [4.69, 9.17) is 22.4 Å². The van der Waals surface area contributed by atoms with Gasteiger partial charge in [0.05, 0.1) is 22.8 Å². The first kappa shape index (κ1) is 13.4. The van der Waals surface area contributed by atoms with E-state index in [0.717, 1.165) is 17.0 Å². The van der Waals surface area contributed by atoms with Gasteiger partial charge in [0.15, 0.2) is 0 Å². The molecule has 0 spiro atoms. The third kappa shape index (κ3) is 2.18.